The number of nitrogens with zero attached hydrogens (tertiary/aromatic N) is 3. The Morgan fingerprint density at radius 1 is 1.25 bits per heavy atom. The molecule has 0 aromatic carbocycles. The molecule has 0 atom stereocenters. The lowest BCUT2D eigenvalue weighted by molar-refractivity contribution is 0.434. The van der Waals surface area contributed by atoms with E-state index in [2.05, 4.69) is 41.0 Å². The number of unbranched alkanes of at least 4 members (excludes halogenated alkanes) is 2. The first kappa shape index (κ1) is 15.1. The minimum atomic E-state index is 0.836. The quantitative estimate of drug-likeness (QED) is 0.806. The largest absolute Gasteiger partial charge is 0.370 e. The third-order valence-corrected chi connectivity index (χ3v) is 4.00. The molecule has 112 valence electrons. The van der Waals surface area contributed by atoms with Crippen LogP contribution in [0.3, 0.4) is 0 Å². The molecule has 0 spiro atoms. The van der Waals surface area contributed by atoms with Gasteiger partial charge < -0.3 is 10.2 Å². The second-order valence-corrected chi connectivity index (χ2v) is 6.00. The molecular formula is C16H28N4. The molecule has 0 radical (unpaired) electrons. The van der Waals surface area contributed by atoms with Crippen molar-refractivity contribution >= 4 is 11.8 Å². The minimum Gasteiger partial charge on any atom is -0.370 e. The van der Waals surface area contributed by atoms with Crippen LogP contribution in [-0.2, 0) is 0 Å². The highest BCUT2D eigenvalue weighted by atomic mass is 15.3. The van der Waals surface area contributed by atoms with Crippen molar-refractivity contribution in [1.29, 1.82) is 0 Å². The molecule has 2 heterocycles. The van der Waals surface area contributed by atoms with Crippen molar-refractivity contribution in [1.82, 2.24) is 9.97 Å². The van der Waals surface area contributed by atoms with Crippen LogP contribution < -0.4 is 10.2 Å². The Kier molecular flexibility index (Phi) is 5.62. The molecule has 0 aliphatic carbocycles. The van der Waals surface area contributed by atoms with Crippen molar-refractivity contribution in [3.8, 4) is 0 Å². The molecule has 20 heavy (non-hydrogen) atoms. The van der Waals surface area contributed by atoms with Crippen molar-refractivity contribution in [2.45, 2.75) is 52.9 Å². The molecule has 0 unspecified atom stereocenters. The number of piperidine rings is 1. The first-order chi connectivity index (χ1) is 9.69. The van der Waals surface area contributed by atoms with Crippen molar-refractivity contribution in [2.75, 3.05) is 29.9 Å². The molecule has 0 bridgehead atoms. The Morgan fingerprint density at radius 2 is 2.00 bits per heavy atom. The molecule has 1 fully saturated rings. The van der Waals surface area contributed by atoms with Crippen LogP contribution in [0.2, 0.25) is 0 Å². The lowest BCUT2D eigenvalue weighted by Crippen LogP contribution is -2.34. The standard InChI is InChI=1S/C16H28N4/c1-4-5-6-9-17-15-12-14(3)18-16(19-15)20-10-7-13(2)8-11-20/h12-13H,4-11H2,1-3H3,(H,17,18,19). The summed E-state index contributed by atoms with van der Waals surface area (Å²) in [6.45, 7) is 9.77. The van der Waals surface area contributed by atoms with Crippen LogP contribution in [0.5, 0.6) is 0 Å². The second kappa shape index (κ2) is 7.46. The number of aromatic nitrogens is 2. The summed E-state index contributed by atoms with van der Waals surface area (Å²) < 4.78 is 0. The summed E-state index contributed by atoms with van der Waals surface area (Å²) >= 11 is 0. The molecule has 4 nitrogen and oxygen atoms in total. The van der Waals surface area contributed by atoms with Gasteiger partial charge in [-0.2, -0.15) is 4.98 Å². The van der Waals surface area contributed by atoms with Crippen LogP contribution in [0, 0.1) is 12.8 Å². The van der Waals surface area contributed by atoms with Crippen LogP contribution in [0.4, 0.5) is 11.8 Å². The van der Waals surface area contributed by atoms with Crippen LogP contribution in [-0.4, -0.2) is 29.6 Å². The average Bonchev–Trinajstić information content (AvgIpc) is 2.44. The molecule has 1 aliphatic rings. The van der Waals surface area contributed by atoms with Crippen LogP contribution in [0.25, 0.3) is 0 Å². The maximum atomic E-state index is 4.68. The summed E-state index contributed by atoms with van der Waals surface area (Å²) in [6.07, 6.45) is 6.22. The molecule has 1 aliphatic heterocycles. The lowest BCUT2D eigenvalue weighted by Gasteiger charge is -2.30. The van der Waals surface area contributed by atoms with Gasteiger partial charge in [-0.3, -0.25) is 0 Å². The molecule has 0 saturated carbocycles. The Morgan fingerprint density at radius 3 is 2.70 bits per heavy atom. The number of aryl methyl sites for hydroxylation is 1. The highest BCUT2D eigenvalue weighted by Crippen LogP contribution is 2.21. The Balaban J connectivity index is 1.97. The normalized spacial score (nSPS) is 16.4. The lowest BCUT2D eigenvalue weighted by atomic mass is 10.00. The van der Waals surface area contributed by atoms with E-state index < -0.39 is 0 Å². The van der Waals surface area contributed by atoms with E-state index in [0.717, 1.165) is 43.0 Å². The fraction of sp³-hybridized carbons (Fsp3) is 0.750. The fourth-order valence-corrected chi connectivity index (χ4v) is 2.58. The monoisotopic (exact) mass is 276 g/mol. The van der Waals surface area contributed by atoms with Gasteiger partial charge >= 0.3 is 0 Å². The van der Waals surface area contributed by atoms with Crippen LogP contribution >= 0.6 is 0 Å². The Hall–Kier alpha value is -1.32. The van der Waals surface area contributed by atoms with Crippen LogP contribution in [0.15, 0.2) is 6.07 Å². The molecule has 1 saturated heterocycles. The van der Waals surface area contributed by atoms with Gasteiger partial charge in [-0.1, -0.05) is 26.7 Å². The SMILES string of the molecule is CCCCCNc1cc(C)nc(N2CCC(C)CC2)n1. The zero-order valence-corrected chi connectivity index (χ0v) is 13.2. The van der Waals surface area contributed by atoms with Gasteiger partial charge in [0.1, 0.15) is 5.82 Å². The molecule has 1 aromatic heterocycles. The average molecular weight is 276 g/mol. The molecule has 4 heteroatoms. The molecular weight excluding hydrogens is 248 g/mol. The third-order valence-electron chi connectivity index (χ3n) is 4.00. The van der Waals surface area contributed by atoms with E-state index in [9.17, 15) is 0 Å². The highest BCUT2D eigenvalue weighted by molar-refractivity contribution is 5.43. The van der Waals surface area contributed by atoms with E-state index in [0.29, 0.717) is 0 Å². The van der Waals surface area contributed by atoms with Gasteiger partial charge in [-0.25, -0.2) is 4.98 Å². The number of nitrogens with one attached hydrogen (secondary N) is 1. The summed E-state index contributed by atoms with van der Waals surface area (Å²) in [4.78, 5) is 11.6. The van der Waals surface area contributed by atoms with Crippen molar-refractivity contribution < 1.29 is 0 Å². The number of rotatable bonds is 6. The van der Waals surface area contributed by atoms with Gasteiger partial charge in [-0.05, 0) is 32.1 Å². The Labute approximate surface area is 123 Å². The molecule has 1 N–H and O–H groups in total. The van der Waals surface area contributed by atoms with Crippen molar-refractivity contribution in [3.05, 3.63) is 11.8 Å². The van der Waals surface area contributed by atoms with Crippen LogP contribution in [0.1, 0.15) is 51.6 Å². The fourth-order valence-electron chi connectivity index (χ4n) is 2.58. The first-order valence-electron chi connectivity index (χ1n) is 8.03. The van der Waals surface area contributed by atoms with E-state index in [1.165, 1.54) is 32.1 Å². The van der Waals surface area contributed by atoms with E-state index in [-0.39, 0.29) is 0 Å². The second-order valence-electron chi connectivity index (χ2n) is 6.00. The van der Waals surface area contributed by atoms with Gasteiger partial charge in [-0.15, -0.1) is 0 Å². The van der Waals surface area contributed by atoms with Crippen molar-refractivity contribution in [3.63, 3.8) is 0 Å². The van der Waals surface area contributed by atoms with Gasteiger partial charge in [0.15, 0.2) is 0 Å². The summed E-state index contributed by atoms with van der Waals surface area (Å²) in [5.41, 5.74) is 1.05. The maximum absolute atomic E-state index is 4.68. The number of hydrogen-bond donors (Lipinski definition) is 1. The van der Waals surface area contributed by atoms with E-state index in [1.807, 2.05) is 6.07 Å². The van der Waals surface area contributed by atoms with Gasteiger partial charge in [0.05, 0.1) is 0 Å². The van der Waals surface area contributed by atoms with E-state index in [1.54, 1.807) is 0 Å². The van der Waals surface area contributed by atoms with E-state index >= 15 is 0 Å². The third kappa shape index (κ3) is 4.36. The summed E-state index contributed by atoms with van der Waals surface area (Å²) in [6, 6.07) is 2.04. The first-order valence-corrected chi connectivity index (χ1v) is 8.03. The smallest absolute Gasteiger partial charge is 0.227 e. The predicted molar refractivity (Wildman–Crippen MR) is 85.4 cm³/mol. The number of anilines is 2. The predicted octanol–water partition coefficient (Wildman–Crippen LogP) is 3.62. The topological polar surface area (TPSA) is 41.1 Å². The minimum absolute atomic E-state index is 0.836. The van der Waals surface area contributed by atoms with Gasteiger partial charge in [0, 0.05) is 31.4 Å². The number of hydrogen-bond acceptors (Lipinski definition) is 4. The molecule has 2 rings (SSSR count). The van der Waals surface area contributed by atoms with Gasteiger partial charge in [0.2, 0.25) is 5.95 Å². The molecule has 0 amide bonds. The summed E-state index contributed by atoms with van der Waals surface area (Å²) in [5, 5.41) is 3.43. The van der Waals surface area contributed by atoms with E-state index in [4.69, 9.17) is 0 Å². The zero-order chi connectivity index (χ0) is 14.4. The zero-order valence-electron chi connectivity index (χ0n) is 13.2. The Bertz CT molecular complexity index is 411. The molecule has 1 aromatic rings. The van der Waals surface area contributed by atoms with Crippen molar-refractivity contribution in [2.24, 2.45) is 5.92 Å². The summed E-state index contributed by atoms with van der Waals surface area (Å²) in [5.74, 6) is 2.71. The summed E-state index contributed by atoms with van der Waals surface area (Å²) in [7, 11) is 0. The maximum Gasteiger partial charge on any atom is 0.227 e. The highest BCUT2D eigenvalue weighted by Gasteiger charge is 2.18. The van der Waals surface area contributed by atoms with Gasteiger partial charge in [0.25, 0.3) is 0 Å².